The lowest BCUT2D eigenvalue weighted by atomic mass is 10.2. The first kappa shape index (κ1) is 18.9. The van der Waals surface area contributed by atoms with Crippen LogP contribution in [0.2, 0.25) is 0 Å². The van der Waals surface area contributed by atoms with Gasteiger partial charge in [-0.2, -0.15) is 0 Å². The van der Waals surface area contributed by atoms with Crippen LogP contribution in [0.3, 0.4) is 0 Å². The predicted molar refractivity (Wildman–Crippen MR) is 89.4 cm³/mol. The number of hydrogen-bond acceptors (Lipinski definition) is 7. The molecular formula is C16H21N3O5S. The molecule has 0 aliphatic carbocycles. The number of nitrogens with one attached hydrogen (secondary N) is 1. The summed E-state index contributed by atoms with van der Waals surface area (Å²) < 4.78 is 35.0. The van der Waals surface area contributed by atoms with E-state index in [0.29, 0.717) is 5.56 Å². The minimum Gasteiger partial charge on any atom is -0.444 e. The van der Waals surface area contributed by atoms with Crippen LogP contribution >= 0.6 is 0 Å². The molecule has 0 fully saturated rings. The number of sulfone groups is 1. The zero-order chi connectivity index (χ0) is 18.7. The highest BCUT2D eigenvalue weighted by molar-refractivity contribution is 7.90. The molecule has 0 saturated heterocycles. The van der Waals surface area contributed by atoms with Gasteiger partial charge in [0.05, 0.1) is 5.75 Å². The fraction of sp³-hybridized carbons (Fsp3) is 0.438. The molecule has 1 N–H and O–H groups in total. The Morgan fingerprint density at radius 2 is 1.88 bits per heavy atom. The van der Waals surface area contributed by atoms with Crippen LogP contribution in [0.1, 0.15) is 45.2 Å². The number of benzene rings is 1. The van der Waals surface area contributed by atoms with Gasteiger partial charge in [-0.05, 0) is 33.3 Å². The van der Waals surface area contributed by atoms with E-state index in [4.69, 9.17) is 9.15 Å². The summed E-state index contributed by atoms with van der Waals surface area (Å²) in [6.07, 6.45) is -0.660. The first-order valence-electron chi connectivity index (χ1n) is 7.66. The van der Waals surface area contributed by atoms with Crippen LogP contribution in [-0.2, 0) is 20.3 Å². The molecule has 9 heteroatoms. The largest absolute Gasteiger partial charge is 0.444 e. The van der Waals surface area contributed by atoms with E-state index in [9.17, 15) is 13.2 Å². The van der Waals surface area contributed by atoms with Crippen molar-refractivity contribution in [3.05, 3.63) is 41.8 Å². The molecule has 2 rings (SSSR count). The lowest BCUT2D eigenvalue weighted by molar-refractivity contribution is 0.0500. The van der Waals surface area contributed by atoms with Crippen molar-refractivity contribution in [1.82, 2.24) is 15.5 Å². The van der Waals surface area contributed by atoms with Crippen molar-refractivity contribution in [2.24, 2.45) is 0 Å². The number of amides is 1. The zero-order valence-electron chi connectivity index (χ0n) is 14.5. The summed E-state index contributed by atoms with van der Waals surface area (Å²) in [4.78, 5) is 11.7. The Morgan fingerprint density at radius 3 is 2.48 bits per heavy atom. The van der Waals surface area contributed by atoms with Crippen molar-refractivity contribution in [2.75, 3.05) is 0 Å². The fourth-order valence-electron chi connectivity index (χ4n) is 1.92. The minimum atomic E-state index is -3.77. The fourth-order valence-corrected chi connectivity index (χ4v) is 3.05. The molecule has 2 aromatic rings. The Bertz CT molecular complexity index is 825. The van der Waals surface area contributed by atoms with Gasteiger partial charge in [0.15, 0.2) is 0 Å². The van der Waals surface area contributed by atoms with Crippen molar-refractivity contribution in [3.63, 3.8) is 0 Å². The Morgan fingerprint density at radius 1 is 1.24 bits per heavy atom. The topological polar surface area (TPSA) is 111 Å². The van der Waals surface area contributed by atoms with Gasteiger partial charge < -0.3 is 14.5 Å². The van der Waals surface area contributed by atoms with Crippen LogP contribution in [0.15, 0.2) is 40.0 Å². The average molecular weight is 367 g/mol. The Labute approximate surface area is 146 Å². The number of carbonyl (C=O) groups excluding carboxylic acids is 1. The van der Waals surface area contributed by atoms with Crippen molar-refractivity contribution in [2.45, 2.75) is 50.3 Å². The molecule has 0 unspecified atom stereocenters. The van der Waals surface area contributed by atoms with E-state index in [1.54, 1.807) is 58.0 Å². The van der Waals surface area contributed by atoms with Crippen LogP contribution in [0, 0.1) is 0 Å². The molecule has 1 amide bonds. The first-order valence-corrected chi connectivity index (χ1v) is 9.32. The van der Waals surface area contributed by atoms with E-state index < -0.39 is 32.8 Å². The van der Waals surface area contributed by atoms with Gasteiger partial charge in [-0.1, -0.05) is 35.4 Å². The molecule has 0 bridgehead atoms. The number of nitrogens with zero attached hydrogens (tertiary/aromatic N) is 2. The summed E-state index contributed by atoms with van der Waals surface area (Å²) in [7, 11) is -3.77. The van der Waals surface area contributed by atoms with Crippen LogP contribution in [0.25, 0.3) is 0 Å². The molecule has 0 saturated carbocycles. The van der Waals surface area contributed by atoms with Crippen molar-refractivity contribution >= 4 is 15.9 Å². The summed E-state index contributed by atoms with van der Waals surface area (Å²) in [5.74, 6) is -0.263. The lowest BCUT2D eigenvalue weighted by Crippen LogP contribution is -2.34. The lowest BCUT2D eigenvalue weighted by Gasteiger charge is -2.20. The maximum atomic E-state index is 12.3. The Balaban J connectivity index is 2.07. The molecule has 0 aliphatic heterocycles. The molecule has 8 nitrogen and oxygen atoms in total. The molecule has 1 atom stereocenters. The van der Waals surface area contributed by atoms with Gasteiger partial charge in [0.2, 0.25) is 15.7 Å². The van der Waals surface area contributed by atoms with Crippen molar-refractivity contribution in [1.29, 1.82) is 0 Å². The van der Waals surface area contributed by atoms with E-state index in [1.165, 1.54) is 0 Å². The van der Waals surface area contributed by atoms with Gasteiger partial charge in [-0.15, -0.1) is 5.10 Å². The molecule has 136 valence electrons. The van der Waals surface area contributed by atoms with E-state index in [-0.39, 0.29) is 11.6 Å². The van der Waals surface area contributed by atoms with Crippen molar-refractivity contribution in [3.8, 4) is 0 Å². The summed E-state index contributed by atoms with van der Waals surface area (Å²) in [5, 5.41) is 9.33. The van der Waals surface area contributed by atoms with Crippen LogP contribution < -0.4 is 5.32 Å². The number of aromatic nitrogens is 2. The minimum absolute atomic E-state index is 0.0162. The third kappa shape index (κ3) is 5.56. The van der Waals surface area contributed by atoms with Crippen LogP contribution in [0.5, 0.6) is 0 Å². The van der Waals surface area contributed by atoms with Gasteiger partial charge in [-0.25, -0.2) is 13.2 Å². The highest BCUT2D eigenvalue weighted by atomic mass is 32.2. The monoisotopic (exact) mass is 367 g/mol. The maximum absolute atomic E-state index is 12.3. The number of ether oxygens (including phenoxy) is 1. The van der Waals surface area contributed by atoms with Crippen molar-refractivity contribution < 1.29 is 22.4 Å². The summed E-state index contributed by atoms with van der Waals surface area (Å²) in [6, 6.07) is 7.99. The Kier molecular flexibility index (Phi) is 5.46. The van der Waals surface area contributed by atoms with Gasteiger partial charge in [0.1, 0.15) is 11.6 Å². The standard InChI is InChI=1S/C16H21N3O5S/c1-11(17-14(20)24-16(2,3)4)13-18-19-15(23-13)25(21,22)10-12-8-6-5-7-9-12/h5-9,11H,10H2,1-4H3,(H,17,20)/t11-/m0/s1. The SMILES string of the molecule is C[C@H](NC(=O)OC(C)(C)C)c1nnc(S(=O)(=O)Cc2ccccc2)o1. The zero-order valence-corrected chi connectivity index (χ0v) is 15.3. The molecule has 1 heterocycles. The normalized spacial score (nSPS) is 13.3. The van der Waals surface area contributed by atoms with E-state index in [1.807, 2.05) is 0 Å². The predicted octanol–water partition coefficient (Wildman–Crippen LogP) is 2.63. The highest BCUT2D eigenvalue weighted by Crippen LogP contribution is 2.19. The number of alkyl carbamates (subject to hydrolysis) is 1. The number of hydrogen-bond donors (Lipinski definition) is 1. The van der Waals surface area contributed by atoms with Gasteiger partial charge in [-0.3, -0.25) is 0 Å². The number of carbonyl (C=O) groups is 1. The van der Waals surface area contributed by atoms with Crippen LogP contribution in [-0.4, -0.2) is 30.3 Å². The highest BCUT2D eigenvalue weighted by Gasteiger charge is 2.26. The van der Waals surface area contributed by atoms with Gasteiger partial charge in [0.25, 0.3) is 0 Å². The van der Waals surface area contributed by atoms with Gasteiger partial charge >= 0.3 is 11.3 Å². The second kappa shape index (κ2) is 7.22. The average Bonchev–Trinajstić information content (AvgIpc) is 2.96. The first-order chi connectivity index (χ1) is 11.6. The summed E-state index contributed by atoms with van der Waals surface area (Å²) in [6.45, 7) is 6.79. The molecule has 0 radical (unpaired) electrons. The summed E-state index contributed by atoms with van der Waals surface area (Å²) >= 11 is 0. The van der Waals surface area contributed by atoms with E-state index in [0.717, 1.165) is 0 Å². The van der Waals surface area contributed by atoms with Crippen LogP contribution in [0.4, 0.5) is 4.79 Å². The molecule has 1 aromatic carbocycles. The summed E-state index contributed by atoms with van der Waals surface area (Å²) in [5.41, 5.74) is -0.0368. The number of rotatable bonds is 5. The second-order valence-corrected chi connectivity index (χ2v) is 8.39. The second-order valence-electron chi connectivity index (χ2n) is 6.52. The molecule has 0 spiro atoms. The molecule has 25 heavy (non-hydrogen) atoms. The third-order valence-corrected chi connectivity index (χ3v) is 4.40. The quantitative estimate of drug-likeness (QED) is 0.864. The van der Waals surface area contributed by atoms with Gasteiger partial charge in [0, 0.05) is 0 Å². The van der Waals surface area contributed by atoms with E-state index >= 15 is 0 Å². The maximum Gasteiger partial charge on any atom is 0.408 e. The third-order valence-electron chi connectivity index (χ3n) is 2.99. The smallest absolute Gasteiger partial charge is 0.408 e. The molecule has 0 aliphatic rings. The Hall–Kier alpha value is -2.42. The van der Waals surface area contributed by atoms with E-state index in [2.05, 4.69) is 15.5 Å². The molecular weight excluding hydrogens is 346 g/mol. The molecule has 1 aromatic heterocycles.